The number of nitrogens with one attached hydrogen (secondary N) is 1. The third-order valence-electron chi connectivity index (χ3n) is 5.86. The minimum absolute atomic E-state index is 0.377. The SMILES string of the molecule is CCCc1cc(N2CCC(NCC(O)c3ccsc3)CC2)nc2sc(C(N)=O)c(N)c12. The number of piperidine rings is 1. The van der Waals surface area contributed by atoms with Gasteiger partial charge in [0.15, 0.2) is 0 Å². The number of aliphatic hydroxyl groups excluding tert-OH is 1. The number of aryl methyl sites for hydroxylation is 1. The summed E-state index contributed by atoms with van der Waals surface area (Å²) in [5.41, 5.74) is 14.3. The van der Waals surface area contributed by atoms with E-state index < -0.39 is 12.0 Å². The number of pyridine rings is 1. The lowest BCUT2D eigenvalue weighted by Crippen LogP contribution is -2.44. The van der Waals surface area contributed by atoms with Crippen molar-refractivity contribution in [2.24, 2.45) is 5.73 Å². The summed E-state index contributed by atoms with van der Waals surface area (Å²) >= 11 is 2.89. The molecule has 1 aliphatic rings. The predicted molar refractivity (Wildman–Crippen MR) is 129 cm³/mol. The fourth-order valence-corrected chi connectivity index (χ4v) is 5.87. The molecule has 3 aromatic heterocycles. The van der Waals surface area contributed by atoms with Crippen molar-refractivity contribution in [3.63, 3.8) is 0 Å². The minimum atomic E-state index is -0.499. The van der Waals surface area contributed by atoms with E-state index in [1.54, 1.807) is 11.3 Å². The Morgan fingerprint density at radius 2 is 2.19 bits per heavy atom. The number of carbonyl (C=O) groups excluding carboxylic acids is 1. The largest absolute Gasteiger partial charge is 0.397 e. The second kappa shape index (κ2) is 9.52. The summed E-state index contributed by atoms with van der Waals surface area (Å²) < 4.78 is 0. The molecule has 0 bridgehead atoms. The van der Waals surface area contributed by atoms with E-state index in [0.29, 0.717) is 23.2 Å². The number of nitrogen functional groups attached to an aromatic ring is 1. The number of amides is 1. The fourth-order valence-electron chi connectivity index (χ4n) is 4.17. The van der Waals surface area contributed by atoms with Crippen LogP contribution in [0.1, 0.15) is 53.1 Å². The number of primary amides is 1. The number of nitrogens with zero attached hydrogens (tertiary/aromatic N) is 2. The van der Waals surface area contributed by atoms with E-state index in [4.69, 9.17) is 16.5 Å². The van der Waals surface area contributed by atoms with Gasteiger partial charge in [0.1, 0.15) is 15.5 Å². The maximum Gasteiger partial charge on any atom is 0.260 e. The van der Waals surface area contributed by atoms with E-state index in [1.165, 1.54) is 11.3 Å². The Bertz CT molecular complexity index is 1040. The van der Waals surface area contributed by atoms with Gasteiger partial charge in [0.25, 0.3) is 5.91 Å². The first-order valence-electron chi connectivity index (χ1n) is 10.7. The first-order chi connectivity index (χ1) is 15.0. The molecule has 4 rings (SSSR count). The molecule has 7 nitrogen and oxygen atoms in total. The smallest absolute Gasteiger partial charge is 0.260 e. The average molecular weight is 460 g/mol. The number of aromatic nitrogens is 1. The maximum absolute atomic E-state index is 11.8. The van der Waals surface area contributed by atoms with Crippen LogP contribution in [0.3, 0.4) is 0 Å². The molecule has 1 amide bonds. The molecule has 3 aromatic rings. The lowest BCUT2D eigenvalue weighted by Gasteiger charge is -2.34. The van der Waals surface area contributed by atoms with Gasteiger partial charge >= 0.3 is 0 Å². The van der Waals surface area contributed by atoms with E-state index in [9.17, 15) is 9.90 Å². The molecule has 4 heterocycles. The monoisotopic (exact) mass is 459 g/mol. The molecule has 6 N–H and O–H groups in total. The van der Waals surface area contributed by atoms with Crippen molar-refractivity contribution in [2.75, 3.05) is 30.3 Å². The van der Waals surface area contributed by atoms with Gasteiger partial charge in [0, 0.05) is 31.1 Å². The number of rotatable bonds is 8. The highest BCUT2D eigenvalue weighted by Gasteiger charge is 2.24. The molecule has 1 atom stereocenters. The number of aliphatic hydroxyl groups is 1. The molecule has 1 aliphatic heterocycles. The van der Waals surface area contributed by atoms with Crippen molar-refractivity contribution < 1.29 is 9.90 Å². The molecule has 1 saturated heterocycles. The molecule has 9 heteroatoms. The summed E-state index contributed by atoms with van der Waals surface area (Å²) in [6.07, 6.45) is 3.37. The molecule has 0 aliphatic carbocycles. The predicted octanol–water partition coefficient (Wildman–Crippen LogP) is 3.28. The van der Waals surface area contributed by atoms with Crippen LogP contribution < -0.4 is 21.7 Å². The van der Waals surface area contributed by atoms with Crippen LogP contribution in [0.15, 0.2) is 22.9 Å². The first-order valence-corrected chi connectivity index (χ1v) is 12.4. The average Bonchev–Trinajstić information content (AvgIpc) is 3.41. The fraction of sp³-hybridized carbons (Fsp3) is 0.455. The molecule has 0 spiro atoms. The second-order valence-electron chi connectivity index (χ2n) is 8.02. The summed E-state index contributed by atoms with van der Waals surface area (Å²) in [4.78, 5) is 20.1. The summed E-state index contributed by atoms with van der Waals surface area (Å²) in [5.74, 6) is 0.436. The summed E-state index contributed by atoms with van der Waals surface area (Å²) in [6, 6.07) is 4.46. The molecule has 0 aromatic carbocycles. The van der Waals surface area contributed by atoms with Crippen molar-refractivity contribution in [3.8, 4) is 0 Å². The van der Waals surface area contributed by atoms with Crippen molar-refractivity contribution in [1.29, 1.82) is 0 Å². The Morgan fingerprint density at radius 3 is 2.84 bits per heavy atom. The second-order valence-corrected chi connectivity index (χ2v) is 9.80. The third-order valence-corrected chi connectivity index (χ3v) is 7.67. The highest BCUT2D eigenvalue weighted by atomic mass is 32.1. The van der Waals surface area contributed by atoms with E-state index in [2.05, 4.69) is 23.2 Å². The van der Waals surface area contributed by atoms with E-state index >= 15 is 0 Å². The first kappa shape index (κ1) is 22.0. The molecule has 166 valence electrons. The van der Waals surface area contributed by atoms with Gasteiger partial charge in [-0.25, -0.2) is 4.98 Å². The van der Waals surface area contributed by atoms with Gasteiger partial charge in [0.05, 0.1) is 11.8 Å². The number of carbonyl (C=O) groups is 1. The highest BCUT2D eigenvalue weighted by Crippen LogP contribution is 2.37. The summed E-state index contributed by atoms with van der Waals surface area (Å²) in [7, 11) is 0. The van der Waals surface area contributed by atoms with Gasteiger partial charge in [-0.1, -0.05) is 13.3 Å². The van der Waals surface area contributed by atoms with E-state index in [-0.39, 0.29) is 0 Å². The van der Waals surface area contributed by atoms with Crippen LogP contribution >= 0.6 is 22.7 Å². The molecule has 0 radical (unpaired) electrons. The van der Waals surface area contributed by atoms with Crippen LogP contribution in [0, 0.1) is 0 Å². The topological polar surface area (TPSA) is 117 Å². The van der Waals surface area contributed by atoms with Gasteiger partial charge in [-0.3, -0.25) is 4.79 Å². The van der Waals surface area contributed by atoms with Crippen LogP contribution in [0.25, 0.3) is 10.2 Å². The summed E-state index contributed by atoms with van der Waals surface area (Å²) in [5, 5.41) is 18.7. The van der Waals surface area contributed by atoms with Gasteiger partial charge in [-0.15, -0.1) is 11.3 Å². The Morgan fingerprint density at radius 1 is 1.42 bits per heavy atom. The number of hydrogen-bond acceptors (Lipinski definition) is 8. The minimum Gasteiger partial charge on any atom is -0.397 e. The highest BCUT2D eigenvalue weighted by molar-refractivity contribution is 7.21. The zero-order valence-corrected chi connectivity index (χ0v) is 19.3. The Hall–Kier alpha value is -2.20. The normalized spacial score (nSPS) is 16.1. The Labute approximate surface area is 190 Å². The van der Waals surface area contributed by atoms with Crippen molar-refractivity contribution in [2.45, 2.75) is 44.8 Å². The molecule has 0 saturated carbocycles. The van der Waals surface area contributed by atoms with Crippen LogP contribution in [0.2, 0.25) is 0 Å². The van der Waals surface area contributed by atoms with Crippen molar-refractivity contribution >= 4 is 50.3 Å². The third kappa shape index (κ3) is 4.69. The molecule has 31 heavy (non-hydrogen) atoms. The standard InChI is InChI=1S/C22H29N5O2S2/c1-2-3-13-10-17(26-22-18(13)19(23)20(31-22)21(24)29)27-7-4-15(5-8-27)25-11-16(28)14-6-9-30-12-14/h6,9-10,12,15-16,25,28H,2-5,7-8,11,23H2,1H3,(H2,24,29). The zero-order valence-electron chi connectivity index (χ0n) is 17.6. The van der Waals surface area contributed by atoms with E-state index in [1.807, 2.05) is 16.8 Å². The number of anilines is 2. The maximum atomic E-state index is 11.8. The summed E-state index contributed by atoms with van der Waals surface area (Å²) in [6.45, 7) is 4.47. The lowest BCUT2D eigenvalue weighted by molar-refractivity contribution is 0.100. The molecule has 1 unspecified atom stereocenters. The number of nitrogens with two attached hydrogens (primary N) is 2. The quantitative estimate of drug-likeness (QED) is 0.411. The zero-order chi connectivity index (χ0) is 22.0. The van der Waals surface area contributed by atoms with Crippen LogP contribution in [0.5, 0.6) is 0 Å². The number of fused-ring (bicyclic) bond motifs is 1. The molecular formula is C22H29N5O2S2. The van der Waals surface area contributed by atoms with Gasteiger partial charge in [0.2, 0.25) is 0 Å². The lowest BCUT2D eigenvalue weighted by atomic mass is 10.0. The van der Waals surface area contributed by atoms with Crippen molar-refractivity contribution in [1.82, 2.24) is 10.3 Å². The van der Waals surface area contributed by atoms with Crippen LogP contribution in [-0.2, 0) is 6.42 Å². The van der Waals surface area contributed by atoms with Crippen LogP contribution in [-0.4, -0.2) is 41.7 Å². The number of hydrogen-bond donors (Lipinski definition) is 4. The molecular weight excluding hydrogens is 430 g/mol. The molecule has 1 fully saturated rings. The van der Waals surface area contributed by atoms with Crippen LogP contribution in [0.4, 0.5) is 11.5 Å². The van der Waals surface area contributed by atoms with Gasteiger partial charge in [-0.2, -0.15) is 11.3 Å². The van der Waals surface area contributed by atoms with Gasteiger partial charge < -0.3 is 26.8 Å². The van der Waals surface area contributed by atoms with E-state index in [0.717, 1.165) is 65.9 Å². The number of thiophene rings is 2. The Kier molecular flexibility index (Phi) is 6.76. The van der Waals surface area contributed by atoms with Crippen molar-refractivity contribution in [3.05, 3.63) is 38.9 Å². The Balaban J connectivity index is 1.45. The van der Waals surface area contributed by atoms with Gasteiger partial charge in [-0.05, 0) is 53.3 Å².